The van der Waals surface area contributed by atoms with Crippen molar-refractivity contribution in [2.45, 2.75) is 121 Å². The zero-order valence-corrected chi connectivity index (χ0v) is 28.8. The van der Waals surface area contributed by atoms with Crippen molar-refractivity contribution in [3.05, 3.63) is 42.0 Å². The van der Waals surface area contributed by atoms with Gasteiger partial charge in [-0.15, -0.1) is 5.92 Å². The lowest BCUT2D eigenvalue weighted by Gasteiger charge is -2.30. The molecule has 0 aliphatic carbocycles. The van der Waals surface area contributed by atoms with Gasteiger partial charge in [0.2, 0.25) is 5.91 Å². The van der Waals surface area contributed by atoms with Crippen molar-refractivity contribution in [2.24, 2.45) is 5.92 Å². The van der Waals surface area contributed by atoms with Gasteiger partial charge in [-0.05, 0) is 50.3 Å². The van der Waals surface area contributed by atoms with Crippen molar-refractivity contribution in [3.8, 4) is 17.6 Å². The highest BCUT2D eigenvalue weighted by Crippen LogP contribution is 2.26. The molecule has 10 nitrogen and oxygen atoms in total. The van der Waals surface area contributed by atoms with Gasteiger partial charge in [-0.3, -0.25) is 4.79 Å². The van der Waals surface area contributed by atoms with Crippen molar-refractivity contribution in [2.75, 3.05) is 27.4 Å². The summed E-state index contributed by atoms with van der Waals surface area (Å²) in [6.45, 7) is 4.05. The zero-order valence-electron chi connectivity index (χ0n) is 28.8. The Balaban J connectivity index is 2.86. The summed E-state index contributed by atoms with van der Waals surface area (Å²) >= 11 is 0. The Hall–Kier alpha value is -3.39. The van der Waals surface area contributed by atoms with Gasteiger partial charge < -0.3 is 34.8 Å². The molecule has 1 unspecified atom stereocenters. The zero-order chi connectivity index (χ0) is 34.9. The first kappa shape index (κ1) is 41.6. The SMILES string of the molecule is CC#CCOc1ccc(C[C@H](NC(=O)[C@@H](C=CCCCCCCC(O)CCCCCCC)[C@@](O)(CCOC)C(=O)O)C(=O)OC)cc1. The van der Waals surface area contributed by atoms with Gasteiger partial charge in [-0.25, -0.2) is 9.59 Å². The van der Waals surface area contributed by atoms with E-state index in [0.717, 1.165) is 44.9 Å². The topological polar surface area (TPSA) is 152 Å². The molecule has 0 bridgehead atoms. The second-order valence-electron chi connectivity index (χ2n) is 11.9. The van der Waals surface area contributed by atoms with Gasteiger partial charge in [-0.1, -0.05) is 88.5 Å². The summed E-state index contributed by atoms with van der Waals surface area (Å²) in [7, 11) is 2.58. The number of nitrogens with one attached hydrogen (secondary N) is 1. The van der Waals surface area contributed by atoms with Crippen molar-refractivity contribution in [3.63, 3.8) is 0 Å². The highest BCUT2D eigenvalue weighted by molar-refractivity contribution is 5.92. The van der Waals surface area contributed by atoms with E-state index >= 15 is 0 Å². The van der Waals surface area contributed by atoms with Gasteiger partial charge in [0, 0.05) is 26.6 Å². The predicted molar refractivity (Wildman–Crippen MR) is 182 cm³/mol. The Morgan fingerprint density at radius 1 is 0.979 bits per heavy atom. The van der Waals surface area contributed by atoms with Crippen LogP contribution in [0.5, 0.6) is 5.75 Å². The van der Waals surface area contributed by atoms with Crippen LogP contribution in [0.15, 0.2) is 36.4 Å². The molecule has 1 aromatic rings. The number of hydrogen-bond acceptors (Lipinski definition) is 8. The number of ether oxygens (including phenoxy) is 3. The van der Waals surface area contributed by atoms with Crippen LogP contribution in [0.1, 0.15) is 103 Å². The average Bonchev–Trinajstić information content (AvgIpc) is 3.06. The molecule has 0 fully saturated rings. The van der Waals surface area contributed by atoms with Crippen molar-refractivity contribution >= 4 is 17.8 Å². The van der Waals surface area contributed by atoms with Crippen LogP contribution in [0.25, 0.3) is 0 Å². The first-order valence-corrected chi connectivity index (χ1v) is 16.9. The van der Waals surface area contributed by atoms with Gasteiger partial charge in [0.1, 0.15) is 18.4 Å². The second-order valence-corrected chi connectivity index (χ2v) is 11.9. The molecule has 0 spiro atoms. The summed E-state index contributed by atoms with van der Waals surface area (Å²) in [6.07, 6.45) is 14.3. The Bertz CT molecular complexity index is 1120. The Morgan fingerprint density at radius 2 is 1.62 bits per heavy atom. The second kappa shape index (κ2) is 24.7. The number of aliphatic carboxylic acids is 1. The Kier molecular flexibility index (Phi) is 21.9. The lowest BCUT2D eigenvalue weighted by Crippen LogP contribution is -2.55. The smallest absolute Gasteiger partial charge is 0.336 e. The van der Waals surface area contributed by atoms with Crippen LogP contribution in [0, 0.1) is 17.8 Å². The van der Waals surface area contributed by atoms with Gasteiger partial charge in [0.15, 0.2) is 5.60 Å². The summed E-state index contributed by atoms with van der Waals surface area (Å²) in [5, 5.41) is 34.1. The number of unbranched alkanes of at least 4 members (excludes halogenated alkanes) is 8. The monoisotopic (exact) mass is 659 g/mol. The number of carbonyl (C=O) groups excluding carboxylic acids is 2. The highest BCUT2D eigenvalue weighted by atomic mass is 16.5. The summed E-state index contributed by atoms with van der Waals surface area (Å²) in [4.78, 5) is 38.6. The van der Waals surface area contributed by atoms with Crippen LogP contribution in [0.4, 0.5) is 0 Å². The third-order valence-corrected chi connectivity index (χ3v) is 8.14. The summed E-state index contributed by atoms with van der Waals surface area (Å²) in [5.74, 6) is 1.56. The molecule has 0 aliphatic rings. The van der Waals surface area contributed by atoms with Gasteiger partial charge in [-0.2, -0.15) is 0 Å². The molecule has 4 atom stereocenters. The molecule has 10 heteroatoms. The standard InChI is InChI=1S/C37H57NO9/c1-5-7-9-12-15-18-30(39)19-16-13-10-11-14-17-20-32(37(44,36(42)43)25-27-45-3)34(40)38-33(35(41)46-4)28-29-21-23-31(24-22-29)47-26-8-6-2/h17,20-24,30,32-33,39,44H,5,7,9-16,18-19,25-28H2,1-4H3,(H,38,40)(H,42,43)/t30?,32-,33+,37+/m1/s1. The maximum absolute atomic E-state index is 13.6. The van der Waals surface area contributed by atoms with E-state index in [1.54, 1.807) is 37.3 Å². The lowest BCUT2D eigenvalue weighted by molar-refractivity contribution is -0.169. The summed E-state index contributed by atoms with van der Waals surface area (Å²) in [6, 6.07) is 5.80. The summed E-state index contributed by atoms with van der Waals surface area (Å²) < 4.78 is 15.5. The molecule has 0 saturated carbocycles. The van der Waals surface area contributed by atoms with E-state index in [4.69, 9.17) is 14.2 Å². The van der Waals surface area contributed by atoms with Crippen LogP contribution in [0.2, 0.25) is 0 Å². The van der Waals surface area contributed by atoms with E-state index in [9.17, 15) is 29.7 Å². The van der Waals surface area contributed by atoms with Crippen molar-refractivity contribution in [1.29, 1.82) is 0 Å². The fourth-order valence-corrected chi connectivity index (χ4v) is 5.22. The largest absolute Gasteiger partial charge is 0.481 e. The van der Waals surface area contributed by atoms with E-state index in [1.807, 2.05) is 0 Å². The van der Waals surface area contributed by atoms with Crippen molar-refractivity contribution < 1.29 is 43.9 Å². The number of esters is 1. The van der Waals surface area contributed by atoms with Crippen molar-refractivity contribution in [1.82, 2.24) is 5.32 Å². The number of carbonyl (C=O) groups is 3. The lowest BCUT2D eigenvalue weighted by atomic mass is 9.83. The maximum atomic E-state index is 13.6. The normalized spacial score (nSPS) is 14.3. The van der Waals surface area contributed by atoms with Gasteiger partial charge in [0.05, 0.1) is 19.1 Å². The number of benzene rings is 1. The minimum atomic E-state index is -2.47. The number of carboxylic acid groups (broad SMARTS) is 1. The van der Waals surface area contributed by atoms with Gasteiger partial charge >= 0.3 is 11.9 Å². The molecule has 0 aliphatic heterocycles. The van der Waals surface area contributed by atoms with E-state index in [1.165, 1.54) is 46.0 Å². The molecule has 0 aromatic heterocycles. The molecule has 47 heavy (non-hydrogen) atoms. The predicted octanol–water partition coefficient (Wildman–Crippen LogP) is 5.38. The fraction of sp³-hybridized carbons (Fsp3) is 0.649. The van der Waals surface area contributed by atoms with E-state index in [0.29, 0.717) is 17.7 Å². The molecule has 4 N–H and O–H groups in total. The average molecular weight is 660 g/mol. The highest BCUT2D eigenvalue weighted by Gasteiger charge is 2.47. The quantitative estimate of drug-likeness (QED) is 0.0445. The number of methoxy groups -OCH3 is 2. The molecule has 1 amide bonds. The number of rotatable bonds is 26. The minimum Gasteiger partial charge on any atom is -0.481 e. The number of carboxylic acids is 1. The molecular formula is C37H57NO9. The maximum Gasteiger partial charge on any atom is 0.336 e. The molecule has 0 heterocycles. The number of amides is 1. The number of allylic oxidation sites excluding steroid dienone is 1. The van der Waals surface area contributed by atoms with Gasteiger partial charge in [0.25, 0.3) is 0 Å². The van der Waals surface area contributed by atoms with Crippen LogP contribution in [0.3, 0.4) is 0 Å². The Morgan fingerprint density at radius 3 is 2.19 bits per heavy atom. The number of aliphatic hydroxyl groups excluding tert-OH is 1. The number of hydrogen-bond donors (Lipinski definition) is 4. The molecule has 1 aromatic carbocycles. The van der Waals surface area contributed by atoms with Crippen LogP contribution in [-0.4, -0.2) is 78.3 Å². The molecule has 0 radical (unpaired) electrons. The van der Waals surface area contributed by atoms with E-state index in [2.05, 4.69) is 24.1 Å². The molecule has 264 valence electrons. The summed E-state index contributed by atoms with van der Waals surface area (Å²) in [5.41, 5.74) is -1.77. The number of aliphatic hydroxyl groups is 2. The third kappa shape index (κ3) is 16.8. The third-order valence-electron chi connectivity index (χ3n) is 8.14. The minimum absolute atomic E-state index is 0.0705. The van der Waals surface area contributed by atoms with Crippen LogP contribution in [-0.2, 0) is 30.3 Å². The van der Waals surface area contributed by atoms with E-state index in [-0.39, 0.29) is 32.2 Å². The van der Waals surface area contributed by atoms with E-state index < -0.39 is 35.4 Å². The fourth-order valence-electron chi connectivity index (χ4n) is 5.22. The molecule has 1 rings (SSSR count). The first-order valence-electron chi connectivity index (χ1n) is 16.9. The Labute approximate surface area is 281 Å². The molecule has 0 saturated heterocycles. The molecular weight excluding hydrogens is 602 g/mol. The van der Waals surface area contributed by atoms with Crippen LogP contribution < -0.4 is 10.1 Å². The van der Waals surface area contributed by atoms with Crippen LogP contribution >= 0.6 is 0 Å². The first-order chi connectivity index (χ1) is 22.6.